The van der Waals surface area contributed by atoms with E-state index in [1.54, 1.807) is 12.1 Å². The molecule has 178 valence electrons. The van der Waals surface area contributed by atoms with Crippen LogP contribution in [-0.4, -0.2) is 35.3 Å². The van der Waals surface area contributed by atoms with Crippen LogP contribution in [0.1, 0.15) is 48.2 Å². The van der Waals surface area contributed by atoms with Crippen molar-refractivity contribution in [2.75, 3.05) is 11.2 Å². The first-order valence-electron chi connectivity index (χ1n) is 10.9. The van der Waals surface area contributed by atoms with Crippen molar-refractivity contribution in [1.29, 1.82) is 0 Å². The molecule has 0 radical (unpaired) electrons. The largest absolute Gasteiger partial charge is 0.464 e. The number of rotatable bonds is 12. The Hall–Kier alpha value is -2.62. The van der Waals surface area contributed by atoms with Crippen molar-refractivity contribution in [3.8, 4) is 0 Å². The molecule has 33 heavy (non-hydrogen) atoms. The van der Waals surface area contributed by atoms with Crippen molar-refractivity contribution >= 4 is 40.6 Å². The molecular weight excluding hydrogens is 537 g/mol. The molecule has 0 saturated carbocycles. The quantitative estimate of drug-likeness (QED) is 0.127. The van der Waals surface area contributed by atoms with Crippen LogP contribution in [0.3, 0.4) is 0 Å². The van der Waals surface area contributed by atoms with Crippen LogP contribution >= 0.6 is 22.6 Å². The number of ether oxygens (including phenoxy) is 3. The molecule has 0 unspecified atom stereocenters. The van der Waals surface area contributed by atoms with Gasteiger partial charge in [-0.2, -0.15) is 0 Å². The maximum atomic E-state index is 12.6. The minimum atomic E-state index is -0.776. The predicted octanol–water partition coefficient (Wildman–Crippen LogP) is 5.05. The fourth-order valence-corrected chi connectivity index (χ4v) is 3.32. The van der Waals surface area contributed by atoms with E-state index in [0.717, 1.165) is 11.1 Å². The number of carbonyl (C=O) groups excluding carboxylic acids is 3. The van der Waals surface area contributed by atoms with Crippen LogP contribution in [0, 0.1) is 5.92 Å². The molecule has 0 fully saturated rings. The number of aryl methyl sites for hydroxylation is 1. The molecule has 0 aliphatic heterocycles. The van der Waals surface area contributed by atoms with Gasteiger partial charge in [0, 0.05) is 0 Å². The SMILES string of the molecule is CC[C@H](C)[C@H](NC(=O)OCc1ccccc1)C(=O)OCCCc1ccc(C(=O)OCI)cc1. The molecule has 2 atom stereocenters. The van der Waals surface area contributed by atoms with E-state index in [4.69, 9.17) is 14.2 Å². The number of carbonyl (C=O) groups is 3. The van der Waals surface area contributed by atoms with Gasteiger partial charge in [0.05, 0.1) is 12.2 Å². The Morgan fingerprint density at radius 1 is 0.939 bits per heavy atom. The van der Waals surface area contributed by atoms with Gasteiger partial charge >= 0.3 is 18.0 Å². The summed E-state index contributed by atoms with van der Waals surface area (Å²) in [6, 6.07) is 15.7. The van der Waals surface area contributed by atoms with E-state index in [9.17, 15) is 14.4 Å². The van der Waals surface area contributed by atoms with Crippen LogP contribution in [0.5, 0.6) is 0 Å². The third-order valence-electron chi connectivity index (χ3n) is 5.18. The Bertz CT molecular complexity index is 888. The molecule has 2 aromatic rings. The summed E-state index contributed by atoms with van der Waals surface area (Å²) in [6.45, 7) is 4.18. The van der Waals surface area contributed by atoms with Crippen molar-refractivity contribution in [1.82, 2.24) is 5.32 Å². The van der Waals surface area contributed by atoms with Crippen LogP contribution in [0.15, 0.2) is 54.6 Å². The van der Waals surface area contributed by atoms with Crippen LogP contribution in [0.2, 0.25) is 0 Å². The summed E-state index contributed by atoms with van der Waals surface area (Å²) in [7, 11) is 0. The van der Waals surface area contributed by atoms with Crippen LogP contribution in [0.25, 0.3) is 0 Å². The van der Waals surface area contributed by atoms with Gasteiger partial charge in [0.2, 0.25) is 0 Å². The highest BCUT2D eigenvalue weighted by atomic mass is 127. The van der Waals surface area contributed by atoms with Gasteiger partial charge in [0.15, 0.2) is 0 Å². The van der Waals surface area contributed by atoms with Crippen LogP contribution in [-0.2, 0) is 32.0 Å². The number of amides is 1. The fraction of sp³-hybridized carbons (Fsp3) is 0.400. The van der Waals surface area contributed by atoms with Gasteiger partial charge < -0.3 is 19.5 Å². The summed E-state index contributed by atoms with van der Waals surface area (Å²) in [5.41, 5.74) is 2.40. The predicted molar refractivity (Wildman–Crippen MR) is 133 cm³/mol. The van der Waals surface area contributed by atoms with Gasteiger partial charge in [-0.25, -0.2) is 14.4 Å². The molecule has 0 spiro atoms. The van der Waals surface area contributed by atoms with Gasteiger partial charge in [0.1, 0.15) is 17.3 Å². The summed E-state index contributed by atoms with van der Waals surface area (Å²) in [6.07, 6.45) is 1.36. The smallest absolute Gasteiger partial charge is 0.408 e. The molecule has 0 aliphatic rings. The molecule has 0 saturated heterocycles. The topological polar surface area (TPSA) is 90.9 Å². The van der Waals surface area contributed by atoms with Gasteiger partial charge in [-0.3, -0.25) is 0 Å². The first-order valence-corrected chi connectivity index (χ1v) is 12.4. The number of benzene rings is 2. The normalized spacial score (nSPS) is 12.3. The molecule has 8 heteroatoms. The second-order valence-electron chi connectivity index (χ2n) is 7.58. The lowest BCUT2D eigenvalue weighted by atomic mass is 9.99. The van der Waals surface area contributed by atoms with Gasteiger partial charge in [0.25, 0.3) is 0 Å². The summed E-state index contributed by atoms with van der Waals surface area (Å²) in [4.78, 5) is 36.5. The molecule has 0 aromatic heterocycles. The zero-order chi connectivity index (χ0) is 24.1. The maximum Gasteiger partial charge on any atom is 0.408 e. The third-order valence-corrected chi connectivity index (χ3v) is 5.49. The van der Waals surface area contributed by atoms with E-state index < -0.39 is 18.1 Å². The highest BCUT2D eigenvalue weighted by Gasteiger charge is 2.28. The lowest BCUT2D eigenvalue weighted by molar-refractivity contribution is -0.147. The Morgan fingerprint density at radius 2 is 1.64 bits per heavy atom. The van der Waals surface area contributed by atoms with E-state index in [1.165, 1.54) is 0 Å². The molecule has 2 rings (SSSR count). The summed E-state index contributed by atoms with van der Waals surface area (Å²) >= 11 is 1.97. The van der Waals surface area contributed by atoms with Crippen molar-refractivity contribution in [2.45, 2.75) is 45.8 Å². The molecule has 0 heterocycles. The Morgan fingerprint density at radius 3 is 2.27 bits per heavy atom. The first-order chi connectivity index (χ1) is 15.9. The maximum absolute atomic E-state index is 12.6. The van der Waals surface area contributed by atoms with Crippen molar-refractivity contribution < 1.29 is 28.6 Å². The number of hydrogen-bond donors (Lipinski definition) is 1. The average molecular weight is 567 g/mol. The second-order valence-corrected chi connectivity index (χ2v) is 8.20. The molecular formula is C25H30INO6. The number of hydrogen-bond acceptors (Lipinski definition) is 6. The zero-order valence-corrected chi connectivity index (χ0v) is 21.1. The van der Waals surface area contributed by atoms with Crippen LogP contribution < -0.4 is 5.32 Å². The molecule has 2 aromatic carbocycles. The lowest BCUT2D eigenvalue weighted by Crippen LogP contribution is -2.46. The molecule has 1 amide bonds. The highest BCUT2D eigenvalue weighted by Crippen LogP contribution is 2.12. The first kappa shape index (κ1) is 26.6. The van der Waals surface area contributed by atoms with E-state index in [2.05, 4.69) is 5.32 Å². The van der Waals surface area contributed by atoms with Crippen LogP contribution in [0.4, 0.5) is 4.79 Å². The summed E-state index contributed by atoms with van der Waals surface area (Å²) < 4.78 is 15.9. The Balaban J connectivity index is 1.78. The van der Waals surface area contributed by atoms with E-state index in [1.807, 2.05) is 78.9 Å². The number of alkyl halides is 1. The van der Waals surface area contributed by atoms with E-state index >= 15 is 0 Å². The molecule has 0 bridgehead atoms. The minimum Gasteiger partial charge on any atom is -0.464 e. The van der Waals surface area contributed by atoms with Crippen molar-refractivity contribution in [3.05, 3.63) is 71.3 Å². The minimum absolute atomic E-state index is 0.100. The van der Waals surface area contributed by atoms with Crippen molar-refractivity contribution in [3.63, 3.8) is 0 Å². The Labute approximate surface area is 208 Å². The summed E-state index contributed by atoms with van der Waals surface area (Å²) in [5.74, 6) is -0.926. The molecule has 0 aliphatic carbocycles. The standard InChI is InChI=1S/C25H30INO6/c1-3-18(2)22(27-25(30)32-16-20-8-5-4-6-9-20)24(29)31-15-7-10-19-11-13-21(14-12-19)23(28)33-17-26/h4-6,8-9,11-14,18,22H,3,7,10,15-17H2,1-2H3,(H,27,30)/t18-,22-/m0/s1. The number of esters is 2. The highest BCUT2D eigenvalue weighted by molar-refractivity contribution is 14.1. The monoisotopic (exact) mass is 567 g/mol. The number of alkyl carbamates (subject to hydrolysis) is 1. The molecule has 1 N–H and O–H groups in total. The van der Waals surface area contributed by atoms with E-state index in [-0.39, 0.29) is 25.1 Å². The van der Waals surface area contributed by atoms with Gasteiger partial charge in [-0.15, -0.1) is 0 Å². The fourth-order valence-electron chi connectivity index (χ4n) is 3.04. The van der Waals surface area contributed by atoms with Crippen molar-refractivity contribution in [2.24, 2.45) is 5.92 Å². The summed E-state index contributed by atoms with van der Waals surface area (Å²) in [5, 5.41) is 2.64. The van der Waals surface area contributed by atoms with Gasteiger partial charge in [-0.1, -0.05) is 62.7 Å². The Kier molecular flexibility index (Phi) is 11.7. The van der Waals surface area contributed by atoms with Gasteiger partial charge in [-0.05, 0) is 64.6 Å². The third kappa shape index (κ3) is 9.41. The average Bonchev–Trinajstić information content (AvgIpc) is 2.84. The zero-order valence-electron chi connectivity index (χ0n) is 18.9. The number of nitrogens with one attached hydrogen (secondary N) is 1. The lowest BCUT2D eigenvalue weighted by Gasteiger charge is -2.22. The molecule has 7 nitrogen and oxygen atoms in total. The number of halogens is 1. The van der Waals surface area contributed by atoms with E-state index in [0.29, 0.717) is 29.4 Å². The second kappa shape index (κ2) is 14.5.